The van der Waals surface area contributed by atoms with Crippen LogP contribution in [0.1, 0.15) is 45.9 Å². The Kier molecular flexibility index (Phi) is 9.08. The highest BCUT2D eigenvalue weighted by molar-refractivity contribution is 5.82. The molecule has 0 aromatic heterocycles. The van der Waals surface area contributed by atoms with Gasteiger partial charge in [0.15, 0.2) is 0 Å². The smallest absolute Gasteiger partial charge is 0.0522 e. The first-order chi connectivity index (χ1) is 20.1. The van der Waals surface area contributed by atoms with E-state index in [1.54, 1.807) is 0 Å². The average Bonchev–Trinajstić information content (AvgIpc) is 3.02. The van der Waals surface area contributed by atoms with E-state index in [0.717, 1.165) is 17.8 Å². The molecule has 0 aliphatic carbocycles. The predicted octanol–water partition coefficient (Wildman–Crippen LogP) is 11.2. The maximum absolute atomic E-state index is 2.39. The van der Waals surface area contributed by atoms with Crippen LogP contribution in [0.25, 0.3) is 24.3 Å². The third-order valence-electron chi connectivity index (χ3n) is 7.26. The van der Waals surface area contributed by atoms with Crippen LogP contribution in [0.2, 0.25) is 0 Å². The van der Waals surface area contributed by atoms with Gasteiger partial charge in [0.25, 0.3) is 0 Å². The van der Waals surface area contributed by atoms with E-state index in [1.165, 1.54) is 44.6 Å². The van der Waals surface area contributed by atoms with Crippen LogP contribution in [0.15, 0.2) is 133 Å². The number of benzene rings is 5. The number of anilines is 3. The second-order valence-corrected chi connectivity index (χ2v) is 10.3. The van der Waals surface area contributed by atoms with Crippen molar-refractivity contribution in [2.24, 2.45) is 0 Å². The molecular weight excluding hydrogens is 494 g/mol. The Labute approximate surface area is 245 Å². The van der Waals surface area contributed by atoms with Gasteiger partial charge in [-0.2, -0.15) is 0 Å². The van der Waals surface area contributed by atoms with E-state index < -0.39 is 0 Å². The molecule has 0 radical (unpaired) electrons. The van der Waals surface area contributed by atoms with Crippen LogP contribution in [-0.4, -0.2) is 0 Å². The molecule has 0 atom stereocenters. The average molecular weight is 532 g/mol. The van der Waals surface area contributed by atoms with E-state index in [4.69, 9.17) is 0 Å². The molecule has 202 valence electrons. The summed E-state index contributed by atoms with van der Waals surface area (Å²) >= 11 is 0. The molecule has 0 heterocycles. The van der Waals surface area contributed by atoms with Crippen molar-refractivity contribution in [2.45, 2.75) is 27.2 Å². The van der Waals surface area contributed by atoms with Crippen molar-refractivity contribution in [3.8, 4) is 0 Å². The summed E-state index contributed by atoms with van der Waals surface area (Å²) in [5.41, 5.74) is 12.2. The van der Waals surface area contributed by atoms with Crippen LogP contribution in [0.4, 0.5) is 17.1 Å². The first-order valence-corrected chi connectivity index (χ1v) is 14.3. The summed E-state index contributed by atoms with van der Waals surface area (Å²) in [4.78, 5) is 2.39. The zero-order valence-corrected chi connectivity index (χ0v) is 24.2. The number of hydrogen-bond donors (Lipinski definition) is 0. The van der Waals surface area contributed by atoms with Crippen molar-refractivity contribution in [1.29, 1.82) is 0 Å². The summed E-state index contributed by atoms with van der Waals surface area (Å²) < 4.78 is 0. The maximum Gasteiger partial charge on any atom is 0.0522 e. The van der Waals surface area contributed by atoms with E-state index in [1.807, 2.05) is 6.07 Å². The minimum Gasteiger partial charge on any atom is -0.310 e. The zero-order chi connectivity index (χ0) is 28.4. The Morgan fingerprint density at radius 2 is 0.976 bits per heavy atom. The highest BCUT2D eigenvalue weighted by Crippen LogP contribution is 2.39. The lowest BCUT2D eigenvalue weighted by Gasteiger charge is -2.29. The molecule has 0 N–H and O–H groups in total. The van der Waals surface area contributed by atoms with E-state index >= 15 is 0 Å². The number of aryl methyl sites for hydroxylation is 3. The molecule has 0 saturated carbocycles. The number of para-hydroxylation sites is 1. The molecule has 0 unspecified atom stereocenters. The lowest BCUT2D eigenvalue weighted by molar-refractivity contribution is 1.10. The van der Waals surface area contributed by atoms with Gasteiger partial charge in [-0.3, -0.25) is 0 Å². The first-order valence-electron chi connectivity index (χ1n) is 14.3. The summed E-state index contributed by atoms with van der Waals surface area (Å²) in [6.07, 6.45) is 13.8. The van der Waals surface area contributed by atoms with E-state index in [0.29, 0.717) is 0 Å². The second-order valence-electron chi connectivity index (χ2n) is 10.3. The van der Waals surface area contributed by atoms with Crippen LogP contribution in [0.3, 0.4) is 0 Å². The Hall–Kier alpha value is -4.88. The summed E-state index contributed by atoms with van der Waals surface area (Å²) in [5.74, 6) is 0. The fourth-order valence-electron chi connectivity index (χ4n) is 4.97. The van der Waals surface area contributed by atoms with Crippen LogP contribution >= 0.6 is 0 Å². The van der Waals surface area contributed by atoms with Gasteiger partial charge in [-0.15, -0.1) is 0 Å². The molecular formula is C40H37N. The van der Waals surface area contributed by atoms with Gasteiger partial charge in [0.1, 0.15) is 0 Å². The largest absolute Gasteiger partial charge is 0.310 e. The molecule has 0 fully saturated rings. The van der Waals surface area contributed by atoms with Crippen molar-refractivity contribution in [3.63, 3.8) is 0 Å². The van der Waals surface area contributed by atoms with Crippen LogP contribution in [0, 0.1) is 13.8 Å². The molecule has 0 spiro atoms. The van der Waals surface area contributed by atoms with Gasteiger partial charge >= 0.3 is 0 Å². The number of hydrogen-bond acceptors (Lipinski definition) is 1. The van der Waals surface area contributed by atoms with Crippen molar-refractivity contribution < 1.29 is 0 Å². The molecule has 0 aliphatic rings. The molecule has 5 aromatic carbocycles. The van der Waals surface area contributed by atoms with E-state index in [9.17, 15) is 0 Å². The van der Waals surface area contributed by atoms with Gasteiger partial charge in [0, 0.05) is 11.4 Å². The van der Waals surface area contributed by atoms with Crippen molar-refractivity contribution >= 4 is 41.4 Å². The predicted molar refractivity (Wildman–Crippen MR) is 180 cm³/mol. The lowest BCUT2D eigenvalue weighted by Crippen LogP contribution is -2.13. The molecule has 1 nitrogen and oxygen atoms in total. The minimum atomic E-state index is 0.972. The highest BCUT2D eigenvalue weighted by Gasteiger charge is 2.17. The fourth-order valence-corrected chi connectivity index (χ4v) is 4.97. The molecule has 0 amide bonds. The van der Waals surface area contributed by atoms with Gasteiger partial charge in [-0.1, -0.05) is 146 Å². The monoisotopic (exact) mass is 531 g/mol. The van der Waals surface area contributed by atoms with Crippen molar-refractivity contribution in [1.82, 2.24) is 0 Å². The van der Waals surface area contributed by atoms with Crippen molar-refractivity contribution in [3.05, 3.63) is 172 Å². The third-order valence-corrected chi connectivity index (χ3v) is 7.26. The normalized spacial score (nSPS) is 11.6. The standard InChI is InChI=1S/C40H37N/c1-4-37-16-10-11-32(3)40(37)41(39-29-25-36(26-30-39)22-21-35-19-17-31(2)18-20-35)38-27-23-34(24-28-38)15-9-8-14-33-12-6-5-7-13-33/h5-30H,4H2,1-3H3/b14-8+,15-9+,22-21+. The van der Waals surface area contributed by atoms with Gasteiger partial charge < -0.3 is 4.90 Å². The summed E-state index contributed by atoms with van der Waals surface area (Å²) in [6, 6.07) is 43.3. The lowest BCUT2D eigenvalue weighted by atomic mass is 10.0. The van der Waals surface area contributed by atoms with Gasteiger partial charge in [-0.25, -0.2) is 0 Å². The molecule has 0 aliphatic heterocycles. The number of nitrogens with zero attached hydrogens (tertiary/aromatic N) is 1. The highest BCUT2D eigenvalue weighted by atomic mass is 15.1. The molecule has 5 rings (SSSR count). The molecule has 41 heavy (non-hydrogen) atoms. The van der Waals surface area contributed by atoms with Gasteiger partial charge in [0.05, 0.1) is 5.69 Å². The number of rotatable bonds is 9. The maximum atomic E-state index is 2.39. The van der Waals surface area contributed by atoms with Gasteiger partial charge in [-0.05, 0) is 77.9 Å². The van der Waals surface area contributed by atoms with E-state index in [-0.39, 0.29) is 0 Å². The minimum absolute atomic E-state index is 0.972. The summed E-state index contributed by atoms with van der Waals surface area (Å²) in [5, 5.41) is 0. The Bertz CT molecular complexity index is 1640. The summed E-state index contributed by atoms with van der Waals surface area (Å²) in [7, 11) is 0. The molecule has 5 aromatic rings. The fraction of sp³-hybridized carbons (Fsp3) is 0.100. The Morgan fingerprint density at radius 3 is 1.51 bits per heavy atom. The topological polar surface area (TPSA) is 3.24 Å². The Morgan fingerprint density at radius 1 is 0.488 bits per heavy atom. The SMILES string of the molecule is CCc1cccc(C)c1N(c1ccc(/C=C/C=C/c2ccccc2)cc1)c1ccc(/C=C/c2ccc(C)cc2)cc1. The Balaban J connectivity index is 1.43. The van der Waals surface area contributed by atoms with Crippen molar-refractivity contribution in [2.75, 3.05) is 4.90 Å². The first kappa shape index (κ1) is 27.7. The van der Waals surface area contributed by atoms with Gasteiger partial charge in [0.2, 0.25) is 0 Å². The zero-order valence-electron chi connectivity index (χ0n) is 24.2. The molecule has 0 bridgehead atoms. The van der Waals surface area contributed by atoms with Crippen LogP contribution in [-0.2, 0) is 6.42 Å². The second kappa shape index (κ2) is 13.5. The van der Waals surface area contributed by atoms with Crippen LogP contribution in [0.5, 0.6) is 0 Å². The quantitative estimate of drug-likeness (QED) is 0.135. The number of allylic oxidation sites excluding steroid dienone is 2. The molecule has 0 saturated heterocycles. The summed E-state index contributed by atoms with van der Waals surface area (Å²) in [6.45, 7) is 6.55. The van der Waals surface area contributed by atoms with E-state index in [2.05, 4.69) is 177 Å². The van der Waals surface area contributed by atoms with Crippen LogP contribution < -0.4 is 4.90 Å². The third kappa shape index (κ3) is 7.21. The molecule has 1 heteroatoms.